The standard InChI is InChI=1S/C27H23ClN4O4S/c1-2-37(35,36)19-12-10-18(11-13-19)32-25-21(24(31-32)26(29)33)14-8-16-7-9-17(15-22(16)25)30-27(34)20-5-3-4-6-23(20)28/h3-7,9-13,15H,2,8,14H2,1H3,(H2,29,33)(H,30,34). The highest BCUT2D eigenvalue weighted by Gasteiger charge is 2.28. The normalized spacial score (nSPS) is 12.5. The summed E-state index contributed by atoms with van der Waals surface area (Å²) in [6.07, 6.45) is 1.23. The van der Waals surface area contributed by atoms with Gasteiger partial charge in [-0.2, -0.15) is 5.10 Å². The van der Waals surface area contributed by atoms with Crippen LogP contribution in [-0.2, 0) is 22.7 Å². The van der Waals surface area contributed by atoms with Gasteiger partial charge in [0.2, 0.25) is 0 Å². The van der Waals surface area contributed by atoms with Crippen LogP contribution in [0.5, 0.6) is 0 Å². The van der Waals surface area contributed by atoms with E-state index in [-0.39, 0.29) is 22.2 Å². The summed E-state index contributed by atoms with van der Waals surface area (Å²) in [6.45, 7) is 1.59. The van der Waals surface area contributed by atoms with Crippen molar-refractivity contribution in [3.63, 3.8) is 0 Å². The summed E-state index contributed by atoms with van der Waals surface area (Å²) in [5.41, 5.74) is 10.5. The summed E-state index contributed by atoms with van der Waals surface area (Å²) in [4.78, 5) is 25.3. The number of carbonyl (C=O) groups excluding carboxylic acids is 2. The summed E-state index contributed by atoms with van der Waals surface area (Å²) in [5, 5.41) is 7.74. The van der Waals surface area contributed by atoms with Crippen LogP contribution in [0.1, 0.15) is 38.9 Å². The first-order valence-electron chi connectivity index (χ1n) is 11.6. The van der Waals surface area contributed by atoms with Crippen molar-refractivity contribution < 1.29 is 18.0 Å². The highest BCUT2D eigenvalue weighted by atomic mass is 35.5. The Morgan fingerprint density at radius 2 is 1.78 bits per heavy atom. The Morgan fingerprint density at radius 3 is 2.46 bits per heavy atom. The number of rotatable bonds is 6. The Balaban J connectivity index is 1.60. The van der Waals surface area contributed by atoms with E-state index in [9.17, 15) is 18.0 Å². The fourth-order valence-corrected chi connectivity index (χ4v) is 5.61. The highest BCUT2D eigenvalue weighted by Crippen LogP contribution is 2.38. The van der Waals surface area contributed by atoms with Crippen molar-refractivity contribution in [2.24, 2.45) is 5.73 Å². The minimum absolute atomic E-state index is 0.00853. The number of hydrogen-bond acceptors (Lipinski definition) is 5. The zero-order valence-corrected chi connectivity index (χ0v) is 21.4. The zero-order chi connectivity index (χ0) is 26.3. The number of fused-ring (bicyclic) bond motifs is 3. The van der Waals surface area contributed by atoms with Crippen molar-refractivity contribution in [3.05, 3.63) is 94.1 Å². The van der Waals surface area contributed by atoms with E-state index in [1.807, 2.05) is 18.2 Å². The van der Waals surface area contributed by atoms with Gasteiger partial charge >= 0.3 is 0 Å². The number of carbonyl (C=O) groups is 2. The summed E-state index contributed by atoms with van der Waals surface area (Å²) in [7, 11) is -3.37. The van der Waals surface area contributed by atoms with Crippen LogP contribution in [0.4, 0.5) is 5.69 Å². The van der Waals surface area contributed by atoms with Crippen LogP contribution in [-0.4, -0.2) is 35.8 Å². The first-order valence-corrected chi connectivity index (χ1v) is 13.7. The van der Waals surface area contributed by atoms with E-state index in [2.05, 4.69) is 10.4 Å². The monoisotopic (exact) mass is 534 g/mol. The molecule has 3 N–H and O–H groups in total. The minimum Gasteiger partial charge on any atom is -0.364 e. The molecular weight excluding hydrogens is 512 g/mol. The fraction of sp³-hybridized carbons (Fsp3) is 0.148. The number of primary amides is 1. The molecule has 10 heteroatoms. The highest BCUT2D eigenvalue weighted by molar-refractivity contribution is 7.91. The third kappa shape index (κ3) is 4.52. The molecule has 1 aliphatic carbocycles. The van der Waals surface area contributed by atoms with E-state index < -0.39 is 15.7 Å². The summed E-state index contributed by atoms with van der Waals surface area (Å²) in [5.74, 6) is -1.00. The van der Waals surface area contributed by atoms with Gasteiger partial charge in [-0.15, -0.1) is 0 Å². The lowest BCUT2D eigenvalue weighted by molar-refractivity contribution is 0.0992. The van der Waals surface area contributed by atoms with Gasteiger partial charge in [-0.1, -0.05) is 36.7 Å². The molecule has 0 aliphatic heterocycles. The first-order chi connectivity index (χ1) is 17.7. The number of anilines is 1. The third-order valence-electron chi connectivity index (χ3n) is 6.42. The number of hydrogen-bond donors (Lipinski definition) is 2. The van der Waals surface area contributed by atoms with E-state index >= 15 is 0 Å². The molecule has 3 aromatic carbocycles. The molecule has 0 fully saturated rings. The maximum atomic E-state index is 12.8. The molecule has 0 saturated heterocycles. The summed E-state index contributed by atoms with van der Waals surface area (Å²) < 4.78 is 26.1. The number of nitrogens with two attached hydrogens (primary N) is 1. The Morgan fingerprint density at radius 1 is 1.05 bits per heavy atom. The van der Waals surface area contributed by atoms with E-state index in [0.717, 1.165) is 11.1 Å². The smallest absolute Gasteiger partial charge is 0.269 e. The SMILES string of the molecule is CCS(=O)(=O)c1ccc(-n2nc(C(N)=O)c3c2-c2cc(NC(=O)c4ccccc4Cl)ccc2CC3)cc1. The van der Waals surface area contributed by atoms with Crippen molar-refractivity contribution in [3.8, 4) is 16.9 Å². The predicted octanol–water partition coefficient (Wildman–Crippen LogP) is 4.44. The van der Waals surface area contributed by atoms with E-state index in [0.29, 0.717) is 46.1 Å². The quantitative estimate of drug-likeness (QED) is 0.378. The lowest BCUT2D eigenvalue weighted by Gasteiger charge is -2.20. The van der Waals surface area contributed by atoms with Crippen molar-refractivity contribution in [2.75, 3.05) is 11.1 Å². The maximum Gasteiger partial charge on any atom is 0.269 e. The van der Waals surface area contributed by atoms with Gasteiger partial charge in [0, 0.05) is 16.8 Å². The van der Waals surface area contributed by atoms with Gasteiger partial charge in [-0.25, -0.2) is 13.1 Å². The Hall–Kier alpha value is -3.95. The Kier molecular flexibility index (Phi) is 6.35. The zero-order valence-electron chi connectivity index (χ0n) is 19.9. The first kappa shape index (κ1) is 24.7. The lowest BCUT2D eigenvalue weighted by atomic mass is 9.88. The maximum absolute atomic E-state index is 12.8. The van der Waals surface area contributed by atoms with Gasteiger partial charge in [-0.05, 0) is 66.9 Å². The molecule has 0 unspecified atom stereocenters. The van der Waals surface area contributed by atoms with Crippen LogP contribution in [0.3, 0.4) is 0 Å². The van der Waals surface area contributed by atoms with Crippen LogP contribution in [0.2, 0.25) is 5.02 Å². The number of halogens is 1. The molecule has 0 radical (unpaired) electrons. The molecule has 188 valence electrons. The molecule has 0 spiro atoms. The minimum atomic E-state index is -3.37. The second-order valence-corrected chi connectivity index (χ2v) is 11.3. The second-order valence-electron chi connectivity index (χ2n) is 8.66. The molecule has 2 amide bonds. The third-order valence-corrected chi connectivity index (χ3v) is 8.50. The summed E-state index contributed by atoms with van der Waals surface area (Å²) >= 11 is 6.18. The molecule has 0 saturated carbocycles. The molecule has 4 aromatic rings. The number of nitrogens with zero attached hydrogens (tertiary/aromatic N) is 2. The topological polar surface area (TPSA) is 124 Å². The molecule has 5 rings (SSSR count). The van der Waals surface area contributed by atoms with Gasteiger partial charge in [0.1, 0.15) is 0 Å². The molecule has 1 heterocycles. The average molecular weight is 535 g/mol. The van der Waals surface area contributed by atoms with Gasteiger partial charge < -0.3 is 11.1 Å². The van der Waals surface area contributed by atoms with E-state index in [1.54, 1.807) is 48.0 Å². The number of sulfone groups is 1. The van der Waals surface area contributed by atoms with E-state index in [1.165, 1.54) is 12.1 Å². The van der Waals surface area contributed by atoms with Gasteiger partial charge in [0.05, 0.1) is 32.6 Å². The largest absolute Gasteiger partial charge is 0.364 e. The van der Waals surface area contributed by atoms with Crippen molar-refractivity contribution >= 4 is 38.9 Å². The Labute approximate surface area is 219 Å². The average Bonchev–Trinajstić information content (AvgIpc) is 3.29. The second kappa shape index (κ2) is 9.49. The van der Waals surface area contributed by atoms with Crippen molar-refractivity contribution in [1.29, 1.82) is 0 Å². The molecule has 8 nitrogen and oxygen atoms in total. The number of benzene rings is 3. The van der Waals surface area contributed by atoms with Crippen molar-refractivity contribution in [2.45, 2.75) is 24.7 Å². The van der Waals surface area contributed by atoms with Gasteiger partial charge in [0.15, 0.2) is 15.5 Å². The molecule has 0 atom stereocenters. The van der Waals surface area contributed by atoms with E-state index in [4.69, 9.17) is 17.3 Å². The van der Waals surface area contributed by atoms with Crippen LogP contribution in [0.25, 0.3) is 16.9 Å². The Bertz CT molecular complexity index is 1660. The van der Waals surface area contributed by atoms with Crippen LogP contribution >= 0.6 is 11.6 Å². The predicted molar refractivity (Wildman–Crippen MR) is 142 cm³/mol. The lowest BCUT2D eigenvalue weighted by Crippen LogP contribution is -2.15. The molecule has 0 bridgehead atoms. The van der Waals surface area contributed by atoms with Gasteiger partial charge in [-0.3, -0.25) is 9.59 Å². The number of nitrogens with one attached hydrogen (secondary N) is 1. The summed E-state index contributed by atoms with van der Waals surface area (Å²) in [6, 6.07) is 18.7. The van der Waals surface area contributed by atoms with Gasteiger partial charge in [0.25, 0.3) is 11.8 Å². The molecule has 1 aromatic heterocycles. The van der Waals surface area contributed by atoms with Crippen LogP contribution in [0.15, 0.2) is 71.6 Å². The fourth-order valence-electron chi connectivity index (χ4n) is 4.51. The molecule has 37 heavy (non-hydrogen) atoms. The van der Waals surface area contributed by atoms with Crippen LogP contribution < -0.4 is 11.1 Å². The number of aryl methyl sites for hydroxylation is 1. The number of amides is 2. The number of aromatic nitrogens is 2. The van der Waals surface area contributed by atoms with Crippen LogP contribution in [0, 0.1) is 0 Å². The molecule has 1 aliphatic rings. The van der Waals surface area contributed by atoms with Crippen molar-refractivity contribution in [1.82, 2.24) is 9.78 Å². The molecular formula is C27H23ClN4O4S.